The Balaban J connectivity index is 1.58. The number of ketones is 1. The van der Waals surface area contributed by atoms with Crippen molar-refractivity contribution >= 4 is 38.9 Å². The van der Waals surface area contributed by atoms with Gasteiger partial charge in [-0.1, -0.05) is 11.3 Å². The minimum absolute atomic E-state index is 0.0180. The molecule has 1 atom stereocenters. The van der Waals surface area contributed by atoms with Crippen LogP contribution in [-0.4, -0.2) is 33.0 Å². The summed E-state index contributed by atoms with van der Waals surface area (Å²) in [6, 6.07) is 7.78. The molecule has 12 heteroatoms. The van der Waals surface area contributed by atoms with Gasteiger partial charge in [0, 0.05) is 38.3 Å². The molecule has 1 N–H and O–H groups in total. The van der Waals surface area contributed by atoms with Gasteiger partial charge in [-0.05, 0) is 48.0 Å². The zero-order valence-electron chi connectivity index (χ0n) is 19.0. The number of carbonyl (C=O) groups is 1. The van der Waals surface area contributed by atoms with E-state index in [1.807, 2.05) is 4.90 Å². The highest BCUT2D eigenvalue weighted by Gasteiger charge is 2.27. The lowest BCUT2D eigenvalue weighted by Crippen LogP contribution is -2.33. The highest BCUT2D eigenvalue weighted by Crippen LogP contribution is 2.43. The van der Waals surface area contributed by atoms with Crippen LogP contribution in [0.25, 0.3) is 21.7 Å². The molecule has 0 aliphatic carbocycles. The first kappa shape index (κ1) is 25.0. The van der Waals surface area contributed by atoms with Crippen molar-refractivity contribution < 1.29 is 26.6 Å². The number of benzene rings is 2. The second kappa shape index (κ2) is 10.4. The number of anilines is 2. The molecule has 5 rings (SSSR count). The second-order valence-electron chi connectivity index (χ2n) is 8.17. The van der Waals surface area contributed by atoms with Crippen LogP contribution in [0.2, 0.25) is 0 Å². The van der Waals surface area contributed by atoms with Crippen molar-refractivity contribution in [3.63, 3.8) is 0 Å². The van der Waals surface area contributed by atoms with Gasteiger partial charge in [0.25, 0.3) is 0 Å². The smallest absolute Gasteiger partial charge is 0.186 e. The summed E-state index contributed by atoms with van der Waals surface area (Å²) in [6.07, 6.45) is 3.78. The van der Waals surface area contributed by atoms with Crippen molar-refractivity contribution in [3.8, 4) is 21.7 Å². The lowest BCUT2D eigenvalue weighted by Gasteiger charge is -2.25. The summed E-state index contributed by atoms with van der Waals surface area (Å²) in [5.41, 5.74) is -0.199. The molecule has 2 aromatic heterocycles. The van der Waals surface area contributed by atoms with E-state index in [1.165, 1.54) is 11.3 Å². The molecule has 37 heavy (non-hydrogen) atoms. The van der Waals surface area contributed by atoms with Gasteiger partial charge in [0.2, 0.25) is 0 Å². The highest BCUT2D eigenvalue weighted by atomic mass is 32.2. The Bertz CT molecular complexity index is 1500. The summed E-state index contributed by atoms with van der Waals surface area (Å²) in [7, 11) is -2.37. The van der Waals surface area contributed by atoms with Crippen molar-refractivity contribution in [2.75, 3.05) is 22.7 Å². The average Bonchev–Trinajstić information content (AvgIpc) is 3.33. The number of halogens is 4. The van der Waals surface area contributed by atoms with Gasteiger partial charge in [-0.3, -0.25) is 14.5 Å². The maximum atomic E-state index is 15.8. The molecule has 0 amide bonds. The molecule has 0 spiro atoms. The number of Topliss-reactive ketones (excluding diaryl/α,β-unsaturated/α-hetero) is 1. The summed E-state index contributed by atoms with van der Waals surface area (Å²) < 4.78 is 73.5. The minimum Gasteiger partial charge on any atom is -0.347 e. The zero-order chi connectivity index (χ0) is 26.1. The molecular weight excluding hydrogens is 528 g/mol. The van der Waals surface area contributed by atoms with Gasteiger partial charge in [0.15, 0.2) is 21.9 Å². The SMILES string of the molecule is O=C1CCN(c2nc(-c3c(F)ccc(NS(=O)c4cc(F)ccc4F)c3F)c(-c3ccncc3)s2)CC1. The number of hydrogen-bond acceptors (Lipinski definition) is 6. The van der Waals surface area contributed by atoms with E-state index in [0.29, 0.717) is 41.5 Å². The van der Waals surface area contributed by atoms with Gasteiger partial charge in [-0.15, -0.1) is 0 Å². The van der Waals surface area contributed by atoms with Gasteiger partial charge >= 0.3 is 0 Å². The third-order valence-corrected chi connectivity index (χ3v) is 8.06. The first-order valence-electron chi connectivity index (χ1n) is 11.1. The van der Waals surface area contributed by atoms with E-state index in [4.69, 9.17) is 0 Å². The topological polar surface area (TPSA) is 75.2 Å². The quantitative estimate of drug-likeness (QED) is 0.313. The predicted molar refractivity (Wildman–Crippen MR) is 134 cm³/mol. The van der Waals surface area contributed by atoms with Crippen LogP contribution in [-0.2, 0) is 15.8 Å². The van der Waals surface area contributed by atoms with Gasteiger partial charge < -0.3 is 4.90 Å². The Labute approximate surface area is 215 Å². The molecule has 1 aliphatic rings. The third-order valence-electron chi connectivity index (χ3n) is 5.77. The van der Waals surface area contributed by atoms with Crippen LogP contribution in [0.4, 0.5) is 28.4 Å². The number of piperidine rings is 1. The van der Waals surface area contributed by atoms with E-state index in [9.17, 15) is 17.8 Å². The van der Waals surface area contributed by atoms with Crippen LogP contribution < -0.4 is 9.62 Å². The number of carbonyl (C=O) groups excluding carboxylic acids is 1. The van der Waals surface area contributed by atoms with Gasteiger partial charge in [0.05, 0.1) is 26.7 Å². The number of nitrogens with zero attached hydrogens (tertiary/aromatic N) is 3. The first-order chi connectivity index (χ1) is 17.8. The summed E-state index contributed by atoms with van der Waals surface area (Å²) in [6.45, 7) is 0.874. The number of hydrogen-bond donors (Lipinski definition) is 1. The van der Waals surface area contributed by atoms with Crippen molar-refractivity contribution in [2.45, 2.75) is 17.7 Å². The van der Waals surface area contributed by atoms with E-state index in [0.717, 1.165) is 30.3 Å². The van der Waals surface area contributed by atoms with Gasteiger partial charge in [-0.25, -0.2) is 26.8 Å². The first-order valence-corrected chi connectivity index (χ1v) is 13.1. The Morgan fingerprint density at radius 3 is 2.38 bits per heavy atom. The third kappa shape index (κ3) is 5.12. The normalized spacial score (nSPS) is 14.6. The summed E-state index contributed by atoms with van der Waals surface area (Å²) in [5.74, 6) is -3.62. The fourth-order valence-corrected chi connectivity index (χ4v) is 5.94. The molecule has 3 heterocycles. The van der Waals surface area contributed by atoms with Crippen molar-refractivity contribution in [2.24, 2.45) is 0 Å². The van der Waals surface area contributed by atoms with E-state index in [1.54, 1.807) is 24.5 Å². The molecule has 4 aromatic rings. The van der Waals surface area contributed by atoms with Gasteiger partial charge in [-0.2, -0.15) is 0 Å². The van der Waals surface area contributed by atoms with E-state index >= 15 is 8.78 Å². The molecule has 1 saturated heterocycles. The lowest BCUT2D eigenvalue weighted by atomic mass is 10.1. The summed E-state index contributed by atoms with van der Waals surface area (Å²) in [4.78, 5) is 22.1. The number of thiazole rings is 1. The van der Waals surface area contributed by atoms with Crippen LogP contribution in [0.1, 0.15) is 12.8 Å². The zero-order valence-corrected chi connectivity index (χ0v) is 20.6. The molecule has 190 valence electrons. The Morgan fingerprint density at radius 2 is 1.65 bits per heavy atom. The molecule has 2 aromatic carbocycles. The van der Waals surface area contributed by atoms with Crippen LogP contribution in [0.3, 0.4) is 0 Å². The van der Waals surface area contributed by atoms with Gasteiger partial charge in [0.1, 0.15) is 23.2 Å². The van der Waals surface area contributed by atoms with Crippen LogP contribution >= 0.6 is 11.3 Å². The number of aromatic nitrogens is 2. The number of rotatable bonds is 6. The monoisotopic (exact) mass is 546 g/mol. The Kier molecular flexibility index (Phi) is 7.02. The number of nitrogens with one attached hydrogen (secondary N) is 1. The van der Waals surface area contributed by atoms with Crippen molar-refractivity contribution in [1.82, 2.24) is 9.97 Å². The highest BCUT2D eigenvalue weighted by molar-refractivity contribution is 7.86. The molecule has 0 bridgehead atoms. The Hall–Kier alpha value is -3.64. The number of pyridine rings is 1. The average molecular weight is 547 g/mol. The van der Waals surface area contributed by atoms with Crippen molar-refractivity contribution in [3.05, 3.63) is 78.1 Å². The van der Waals surface area contributed by atoms with Crippen LogP contribution in [0, 0.1) is 23.3 Å². The van der Waals surface area contributed by atoms with E-state index in [-0.39, 0.29) is 17.2 Å². The fourth-order valence-electron chi connectivity index (χ4n) is 3.88. The summed E-state index contributed by atoms with van der Waals surface area (Å²) in [5, 5.41) is 0.497. The Morgan fingerprint density at radius 1 is 0.946 bits per heavy atom. The molecule has 0 radical (unpaired) electrons. The fraction of sp³-hybridized carbons (Fsp3) is 0.160. The molecule has 6 nitrogen and oxygen atoms in total. The molecule has 1 aliphatic heterocycles. The standard InChI is InChI=1S/C25H18F4N4O2S2/c26-15-1-2-17(27)20(13-15)37(35)32-19-4-3-18(28)21(22(19)29)23-24(14-5-9-30-10-6-14)36-25(31-23)33-11-7-16(34)8-12-33/h1-6,9-10,13,32H,7-8,11-12H2. The van der Waals surface area contributed by atoms with Crippen molar-refractivity contribution in [1.29, 1.82) is 0 Å². The largest absolute Gasteiger partial charge is 0.347 e. The lowest BCUT2D eigenvalue weighted by molar-refractivity contribution is -0.119. The van der Waals surface area contributed by atoms with Crippen LogP contribution in [0.15, 0.2) is 59.8 Å². The molecule has 1 unspecified atom stereocenters. The molecule has 1 fully saturated rings. The second-order valence-corrected chi connectivity index (χ2v) is 10.3. The summed E-state index contributed by atoms with van der Waals surface area (Å²) >= 11 is 1.22. The molecular formula is C25H18F4N4O2S2. The maximum absolute atomic E-state index is 15.8. The molecule has 0 saturated carbocycles. The minimum atomic E-state index is -2.37. The van der Waals surface area contributed by atoms with E-state index < -0.39 is 44.7 Å². The maximum Gasteiger partial charge on any atom is 0.186 e. The van der Waals surface area contributed by atoms with Crippen LogP contribution in [0.5, 0.6) is 0 Å². The predicted octanol–water partition coefficient (Wildman–Crippen LogP) is 5.73. The van der Waals surface area contributed by atoms with E-state index in [2.05, 4.69) is 14.7 Å².